The van der Waals surface area contributed by atoms with Crippen molar-refractivity contribution in [2.45, 2.75) is 13.3 Å². The molecule has 122 valence electrons. The normalized spacial score (nSPS) is 10.8. The van der Waals surface area contributed by atoms with Crippen molar-refractivity contribution in [3.63, 3.8) is 0 Å². The standard InChI is InChI=1S/C18H15FN2O3/c1-11-8-14(6-7-16(11)19)13-4-2-12(3-5-13)9-15-10-17(22)21(24)18(23)20-15/h2-8,10,24H,9H2,1H3,(H,20,23). The maximum atomic E-state index is 13.3. The fraction of sp³-hybridized carbons (Fsp3) is 0.111. The largest absolute Gasteiger partial charge is 0.421 e. The van der Waals surface area contributed by atoms with Gasteiger partial charge in [0.25, 0.3) is 5.56 Å². The number of benzene rings is 2. The number of rotatable bonds is 3. The van der Waals surface area contributed by atoms with Gasteiger partial charge >= 0.3 is 5.69 Å². The minimum atomic E-state index is -0.865. The molecule has 5 nitrogen and oxygen atoms in total. The van der Waals surface area contributed by atoms with E-state index in [4.69, 9.17) is 5.21 Å². The van der Waals surface area contributed by atoms with Crippen molar-refractivity contribution in [2.24, 2.45) is 0 Å². The van der Waals surface area contributed by atoms with Crippen LogP contribution < -0.4 is 11.2 Å². The van der Waals surface area contributed by atoms with Crippen molar-refractivity contribution in [3.8, 4) is 11.1 Å². The van der Waals surface area contributed by atoms with E-state index in [0.29, 0.717) is 17.7 Å². The Bertz CT molecular complexity index is 973. The van der Waals surface area contributed by atoms with Crippen molar-refractivity contribution in [2.75, 3.05) is 0 Å². The molecule has 0 spiro atoms. The highest BCUT2D eigenvalue weighted by Gasteiger charge is 2.05. The Morgan fingerprint density at radius 1 is 1.04 bits per heavy atom. The lowest BCUT2D eigenvalue weighted by molar-refractivity contribution is 0.160. The van der Waals surface area contributed by atoms with Gasteiger partial charge in [0.15, 0.2) is 0 Å². The molecule has 1 heterocycles. The van der Waals surface area contributed by atoms with E-state index in [1.165, 1.54) is 12.1 Å². The first-order chi connectivity index (χ1) is 11.4. The third-order valence-corrected chi connectivity index (χ3v) is 3.81. The molecule has 0 saturated carbocycles. The monoisotopic (exact) mass is 326 g/mol. The third kappa shape index (κ3) is 3.12. The second-order valence-corrected chi connectivity index (χ2v) is 5.59. The molecule has 0 aliphatic carbocycles. The van der Waals surface area contributed by atoms with Crippen LogP contribution >= 0.6 is 0 Å². The van der Waals surface area contributed by atoms with Gasteiger partial charge in [-0.25, -0.2) is 9.18 Å². The average Bonchev–Trinajstić information content (AvgIpc) is 2.56. The number of hydrogen-bond acceptors (Lipinski definition) is 3. The minimum absolute atomic E-state index is 0.0312. The molecule has 0 unspecified atom stereocenters. The summed E-state index contributed by atoms with van der Waals surface area (Å²) in [4.78, 5) is 25.2. The summed E-state index contributed by atoms with van der Waals surface area (Å²) in [6.07, 6.45) is 0.355. The van der Waals surface area contributed by atoms with Crippen LogP contribution in [0.15, 0.2) is 58.1 Å². The van der Waals surface area contributed by atoms with E-state index in [1.54, 1.807) is 19.1 Å². The molecule has 0 aliphatic rings. The summed E-state index contributed by atoms with van der Waals surface area (Å²) in [5.74, 6) is -0.238. The number of aromatic amines is 1. The molecule has 2 aromatic carbocycles. The Balaban J connectivity index is 1.86. The van der Waals surface area contributed by atoms with Gasteiger partial charge in [0, 0.05) is 18.2 Å². The van der Waals surface area contributed by atoms with E-state index in [-0.39, 0.29) is 10.5 Å². The third-order valence-electron chi connectivity index (χ3n) is 3.81. The molecule has 0 bridgehead atoms. The smallest absolute Gasteiger partial charge is 0.362 e. The van der Waals surface area contributed by atoms with E-state index in [2.05, 4.69) is 4.98 Å². The lowest BCUT2D eigenvalue weighted by Gasteiger charge is -2.06. The maximum absolute atomic E-state index is 13.3. The quantitative estimate of drug-likeness (QED) is 0.726. The molecular weight excluding hydrogens is 311 g/mol. The first kappa shape index (κ1) is 15.7. The van der Waals surface area contributed by atoms with E-state index in [1.807, 2.05) is 24.3 Å². The molecule has 1 aromatic heterocycles. The zero-order chi connectivity index (χ0) is 17.3. The van der Waals surface area contributed by atoms with E-state index >= 15 is 0 Å². The minimum Gasteiger partial charge on any atom is -0.421 e. The number of H-pyrrole nitrogens is 1. The Labute approximate surface area is 136 Å². The second kappa shape index (κ2) is 6.16. The Kier molecular flexibility index (Phi) is 4.04. The van der Waals surface area contributed by atoms with Crippen molar-refractivity contribution >= 4 is 0 Å². The lowest BCUT2D eigenvalue weighted by atomic mass is 10.0. The number of halogens is 1. The number of nitrogens with one attached hydrogen (secondary N) is 1. The van der Waals surface area contributed by atoms with Crippen LogP contribution in [-0.4, -0.2) is 14.9 Å². The van der Waals surface area contributed by atoms with Crippen LogP contribution in [0, 0.1) is 12.7 Å². The summed E-state index contributed by atoms with van der Waals surface area (Å²) >= 11 is 0. The summed E-state index contributed by atoms with van der Waals surface area (Å²) in [6.45, 7) is 1.72. The molecule has 0 radical (unpaired) electrons. The molecule has 6 heteroatoms. The predicted octanol–water partition coefficient (Wildman–Crippen LogP) is 2.48. The summed E-state index contributed by atoms with van der Waals surface area (Å²) in [5, 5.41) is 9.13. The van der Waals surface area contributed by atoms with Gasteiger partial charge in [-0.05, 0) is 41.3 Å². The maximum Gasteiger partial charge on any atom is 0.362 e. The van der Waals surface area contributed by atoms with Crippen LogP contribution in [-0.2, 0) is 6.42 Å². The van der Waals surface area contributed by atoms with Gasteiger partial charge in [0.2, 0.25) is 0 Å². The molecular formula is C18H15FN2O3. The van der Waals surface area contributed by atoms with Crippen molar-refractivity contribution in [1.29, 1.82) is 0 Å². The summed E-state index contributed by atoms with van der Waals surface area (Å²) < 4.78 is 13.4. The number of aromatic nitrogens is 2. The SMILES string of the molecule is Cc1cc(-c2ccc(Cc3cc(=O)n(O)c(=O)[nH]3)cc2)ccc1F. The van der Waals surface area contributed by atoms with Gasteiger partial charge in [-0.2, -0.15) is 0 Å². The summed E-state index contributed by atoms with van der Waals surface area (Å²) in [5.41, 5.74) is 2.11. The van der Waals surface area contributed by atoms with E-state index < -0.39 is 11.2 Å². The topological polar surface area (TPSA) is 75.1 Å². The highest BCUT2D eigenvalue weighted by Crippen LogP contribution is 2.22. The predicted molar refractivity (Wildman–Crippen MR) is 87.9 cm³/mol. The summed E-state index contributed by atoms with van der Waals surface area (Å²) in [7, 11) is 0. The van der Waals surface area contributed by atoms with Gasteiger partial charge in [-0.1, -0.05) is 35.1 Å². The molecule has 24 heavy (non-hydrogen) atoms. The van der Waals surface area contributed by atoms with Gasteiger partial charge < -0.3 is 10.2 Å². The molecule has 0 saturated heterocycles. The fourth-order valence-electron chi connectivity index (χ4n) is 2.49. The van der Waals surface area contributed by atoms with Gasteiger partial charge in [0.05, 0.1) is 0 Å². The van der Waals surface area contributed by atoms with Crippen LogP contribution in [0.3, 0.4) is 0 Å². The van der Waals surface area contributed by atoms with Crippen LogP contribution in [0.1, 0.15) is 16.8 Å². The molecule has 0 amide bonds. The highest BCUT2D eigenvalue weighted by molar-refractivity contribution is 5.64. The first-order valence-corrected chi connectivity index (χ1v) is 7.34. The van der Waals surface area contributed by atoms with E-state index in [9.17, 15) is 14.0 Å². The average molecular weight is 326 g/mol. The van der Waals surface area contributed by atoms with E-state index in [0.717, 1.165) is 16.7 Å². The Hall–Kier alpha value is -3.15. The molecule has 3 rings (SSSR count). The first-order valence-electron chi connectivity index (χ1n) is 7.34. The van der Waals surface area contributed by atoms with Crippen LogP contribution in [0.2, 0.25) is 0 Å². The number of hydrogen-bond donors (Lipinski definition) is 2. The molecule has 3 aromatic rings. The lowest BCUT2D eigenvalue weighted by Crippen LogP contribution is -2.33. The zero-order valence-electron chi connectivity index (χ0n) is 12.9. The summed E-state index contributed by atoms with van der Waals surface area (Å²) in [6, 6.07) is 13.7. The molecule has 0 atom stereocenters. The second-order valence-electron chi connectivity index (χ2n) is 5.59. The van der Waals surface area contributed by atoms with Gasteiger partial charge in [-0.3, -0.25) is 4.79 Å². The molecule has 0 fully saturated rings. The number of nitrogens with zero attached hydrogens (tertiary/aromatic N) is 1. The molecule has 2 N–H and O–H groups in total. The van der Waals surface area contributed by atoms with Crippen LogP contribution in [0.25, 0.3) is 11.1 Å². The van der Waals surface area contributed by atoms with Gasteiger partial charge in [-0.15, -0.1) is 0 Å². The van der Waals surface area contributed by atoms with Crippen molar-refractivity contribution in [3.05, 3.63) is 92.0 Å². The fourth-order valence-corrected chi connectivity index (χ4v) is 2.49. The van der Waals surface area contributed by atoms with Crippen LogP contribution in [0.5, 0.6) is 0 Å². The molecule has 0 aliphatic heterocycles. The Morgan fingerprint density at radius 2 is 1.71 bits per heavy atom. The van der Waals surface area contributed by atoms with Crippen molar-refractivity contribution < 1.29 is 9.60 Å². The number of aryl methyl sites for hydroxylation is 1. The van der Waals surface area contributed by atoms with Gasteiger partial charge in [0.1, 0.15) is 5.82 Å². The zero-order valence-corrected chi connectivity index (χ0v) is 12.9. The Morgan fingerprint density at radius 3 is 2.33 bits per heavy atom. The van der Waals surface area contributed by atoms with Crippen molar-refractivity contribution in [1.82, 2.24) is 9.71 Å². The highest BCUT2D eigenvalue weighted by atomic mass is 19.1. The van der Waals surface area contributed by atoms with Crippen LogP contribution in [0.4, 0.5) is 4.39 Å².